The van der Waals surface area contributed by atoms with Crippen molar-refractivity contribution in [2.75, 3.05) is 0 Å². The molecule has 20 heavy (non-hydrogen) atoms. The van der Waals surface area contributed by atoms with Gasteiger partial charge in [0.1, 0.15) is 0 Å². The van der Waals surface area contributed by atoms with E-state index < -0.39 is 5.97 Å². The van der Waals surface area contributed by atoms with Crippen LogP contribution in [0.15, 0.2) is 54.6 Å². The van der Waals surface area contributed by atoms with Crippen molar-refractivity contribution in [1.82, 2.24) is 0 Å². The van der Waals surface area contributed by atoms with Gasteiger partial charge >= 0.3 is 5.97 Å². The summed E-state index contributed by atoms with van der Waals surface area (Å²) >= 11 is 0. The minimum atomic E-state index is -0.703. The maximum Gasteiger partial charge on any atom is 0.303 e. The fraction of sp³-hybridized carbons (Fsp3) is 0.278. The average Bonchev–Trinajstić information content (AvgIpc) is 2.85. The van der Waals surface area contributed by atoms with Crippen LogP contribution in [0.4, 0.5) is 0 Å². The molecule has 2 aromatic rings. The fourth-order valence-electron chi connectivity index (χ4n) is 3.31. The van der Waals surface area contributed by atoms with Crippen LogP contribution in [0, 0.1) is 0 Å². The summed E-state index contributed by atoms with van der Waals surface area (Å²) in [6.07, 6.45) is 2.01. The topological polar surface area (TPSA) is 37.3 Å². The molecular formula is C18H18O2. The van der Waals surface area contributed by atoms with Crippen LogP contribution in [-0.2, 0) is 4.79 Å². The molecule has 1 aliphatic carbocycles. The van der Waals surface area contributed by atoms with Crippen LogP contribution < -0.4 is 0 Å². The van der Waals surface area contributed by atoms with Gasteiger partial charge in [0, 0.05) is 12.3 Å². The summed E-state index contributed by atoms with van der Waals surface area (Å²) in [6.45, 7) is 0. The SMILES string of the molecule is O=C(O)CC[C@H]1C[C@@H](c2ccccc2)c2ccccc21. The molecule has 3 rings (SSSR count). The van der Waals surface area contributed by atoms with E-state index in [1.165, 1.54) is 16.7 Å². The van der Waals surface area contributed by atoms with E-state index in [1.54, 1.807) is 0 Å². The number of carbonyl (C=O) groups is 1. The number of hydrogen-bond acceptors (Lipinski definition) is 1. The largest absolute Gasteiger partial charge is 0.481 e. The number of benzene rings is 2. The molecule has 102 valence electrons. The zero-order valence-corrected chi connectivity index (χ0v) is 11.3. The Balaban J connectivity index is 1.90. The number of carboxylic acids is 1. The Hall–Kier alpha value is -2.09. The predicted molar refractivity (Wildman–Crippen MR) is 79.0 cm³/mol. The minimum absolute atomic E-state index is 0.251. The lowest BCUT2D eigenvalue weighted by Gasteiger charge is -2.12. The van der Waals surface area contributed by atoms with Gasteiger partial charge in [-0.3, -0.25) is 4.79 Å². The highest BCUT2D eigenvalue weighted by Gasteiger charge is 2.31. The van der Waals surface area contributed by atoms with Crippen LogP contribution in [0.5, 0.6) is 0 Å². The number of fused-ring (bicyclic) bond motifs is 1. The van der Waals surface area contributed by atoms with E-state index in [2.05, 4.69) is 48.5 Å². The van der Waals surface area contributed by atoms with Gasteiger partial charge in [0.05, 0.1) is 0 Å². The molecule has 0 saturated carbocycles. The third-order valence-electron chi connectivity index (χ3n) is 4.24. The summed E-state index contributed by atoms with van der Waals surface area (Å²) in [6, 6.07) is 19.0. The molecule has 2 aromatic carbocycles. The summed E-state index contributed by atoms with van der Waals surface area (Å²) in [5, 5.41) is 8.90. The monoisotopic (exact) mass is 266 g/mol. The Kier molecular flexibility index (Phi) is 3.55. The minimum Gasteiger partial charge on any atom is -0.481 e. The van der Waals surface area contributed by atoms with Crippen LogP contribution in [0.25, 0.3) is 0 Å². The van der Waals surface area contributed by atoms with Crippen molar-refractivity contribution in [2.24, 2.45) is 0 Å². The third kappa shape index (κ3) is 2.46. The first kappa shape index (κ1) is 12.9. The molecule has 0 bridgehead atoms. The fourth-order valence-corrected chi connectivity index (χ4v) is 3.31. The molecule has 2 atom stereocenters. The number of carboxylic acid groups (broad SMARTS) is 1. The standard InChI is InChI=1S/C18H18O2/c19-18(20)11-10-14-12-17(13-6-2-1-3-7-13)16-9-5-4-8-15(14)16/h1-9,14,17H,10-12H2,(H,19,20)/t14-,17-/m0/s1. The zero-order valence-electron chi connectivity index (χ0n) is 11.3. The van der Waals surface area contributed by atoms with E-state index in [0.717, 1.165) is 12.8 Å². The van der Waals surface area contributed by atoms with E-state index >= 15 is 0 Å². The normalized spacial score (nSPS) is 20.6. The number of aliphatic carboxylic acids is 1. The maximum atomic E-state index is 10.8. The molecule has 1 aliphatic rings. The average molecular weight is 266 g/mol. The first-order chi connectivity index (χ1) is 9.75. The molecule has 0 saturated heterocycles. The van der Waals surface area contributed by atoms with Gasteiger partial charge in [-0.15, -0.1) is 0 Å². The molecule has 0 fully saturated rings. The van der Waals surface area contributed by atoms with Gasteiger partial charge in [-0.05, 0) is 35.4 Å². The van der Waals surface area contributed by atoms with Crippen molar-refractivity contribution in [1.29, 1.82) is 0 Å². The van der Waals surface area contributed by atoms with Gasteiger partial charge < -0.3 is 5.11 Å². The van der Waals surface area contributed by atoms with E-state index in [9.17, 15) is 4.79 Å². The Labute approximate surface area is 119 Å². The first-order valence-corrected chi connectivity index (χ1v) is 7.11. The third-order valence-corrected chi connectivity index (χ3v) is 4.24. The summed E-state index contributed by atoms with van der Waals surface area (Å²) < 4.78 is 0. The lowest BCUT2D eigenvalue weighted by atomic mass is 9.92. The highest BCUT2D eigenvalue weighted by molar-refractivity contribution is 5.66. The van der Waals surface area contributed by atoms with Gasteiger partial charge in [-0.2, -0.15) is 0 Å². The molecule has 0 heterocycles. The van der Waals surface area contributed by atoms with Crippen molar-refractivity contribution in [2.45, 2.75) is 31.1 Å². The number of hydrogen-bond donors (Lipinski definition) is 1. The molecule has 2 nitrogen and oxygen atoms in total. The molecule has 2 heteroatoms. The quantitative estimate of drug-likeness (QED) is 0.901. The van der Waals surface area contributed by atoms with E-state index in [-0.39, 0.29) is 6.42 Å². The van der Waals surface area contributed by atoms with Crippen LogP contribution in [0.1, 0.15) is 47.8 Å². The second-order valence-electron chi connectivity index (χ2n) is 5.46. The van der Waals surface area contributed by atoms with Gasteiger partial charge in [0.2, 0.25) is 0 Å². The van der Waals surface area contributed by atoms with E-state index in [4.69, 9.17) is 5.11 Å². The molecule has 0 aliphatic heterocycles. The Morgan fingerprint density at radius 1 is 1.00 bits per heavy atom. The highest BCUT2D eigenvalue weighted by atomic mass is 16.4. The molecular weight excluding hydrogens is 248 g/mol. The second-order valence-corrected chi connectivity index (χ2v) is 5.46. The van der Waals surface area contributed by atoms with Crippen LogP contribution in [-0.4, -0.2) is 11.1 Å². The van der Waals surface area contributed by atoms with Crippen molar-refractivity contribution in [3.05, 3.63) is 71.3 Å². The van der Waals surface area contributed by atoms with Gasteiger partial charge in [-0.25, -0.2) is 0 Å². The Morgan fingerprint density at radius 3 is 2.35 bits per heavy atom. The Morgan fingerprint density at radius 2 is 1.65 bits per heavy atom. The molecule has 0 aromatic heterocycles. The maximum absolute atomic E-state index is 10.8. The smallest absolute Gasteiger partial charge is 0.303 e. The van der Waals surface area contributed by atoms with Crippen LogP contribution in [0.2, 0.25) is 0 Å². The van der Waals surface area contributed by atoms with E-state index in [1.807, 2.05) is 6.07 Å². The van der Waals surface area contributed by atoms with Gasteiger partial charge in [0.25, 0.3) is 0 Å². The van der Waals surface area contributed by atoms with E-state index in [0.29, 0.717) is 11.8 Å². The summed E-state index contributed by atoms with van der Waals surface area (Å²) in [5.41, 5.74) is 4.04. The lowest BCUT2D eigenvalue weighted by Crippen LogP contribution is -2.01. The van der Waals surface area contributed by atoms with Crippen molar-refractivity contribution in [3.8, 4) is 0 Å². The predicted octanol–water partition coefficient (Wildman–Crippen LogP) is 4.17. The zero-order chi connectivity index (χ0) is 13.9. The Bertz CT molecular complexity index is 604. The number of rotatable bonds is 4. The molecule has 1 N–H and O–H groups in total. The van der Waals surface area contributed by atoms with Crippen molar-refractivity contribution in [3.63, 3.8) is 0 Å². The molecule has 0 amide bonds. The summed E-state index contributed by atoms with van der Waals surface area (Å²) in [7, 11) is 0. The highest BCUT2D eigenvalue weighted by Crippen LogP contribution is 2.46. The van der Waals surface area contributed by atoms with Crippen LogP contribution in [0.3, 0.4) is 0 Å². The van der Waals surface area contributed by atoms with Crippen LogP contribution >= 0.6 is 0 Å². The molecule has 0 spiro atoms. The van der Waals surface area contributed by atoms with Gasteiger partial charge in [-0.1, -0.05) is 54.6 Å². The lowest BCUT2D eigenvalue weighted by molar-refractivity contribution is -0.137. The molecule has 0 radical (unpaired) electrons. The summed E-state index contributed by atoms with van der Waals surface area (Å²) in [5.74, 6) is 0.0735. The summed E-state index contributed by atoms with van der Waals surface area (Å²) in [4.78, 5) is 10.8. The van der Waals surface area contributed by atoms with Crippen molar-refractivity contribution >= 4 is 5.97 Å². The first-order valence-electron chi connectivity index (χ1n) is 7.11. The van der Waals surface area contributed by atoms with Crippen molar-refractivity contribution < 1.29 is 9.90 Å². The molecule has 0 unspecified atom stereocenters. The second kappa shape index (κ2) is 5.49. The van der Waals surface area contributed by atoms with Gasteiger partial charge in [0.15, 0.2) is 0 Å².